The SMILES string of the molecule is [Be+2].[CH2-]CCCOC.[CH2-]CCCOC. The van der Waals surface area contributed by atoms with E-state index in [-0.39, 0.29) is 10.1 Å². The van der Waals surface area contributed by atoms with E-state index < -0.39 is 0 Å². The number of methoxy groups -OCH3 is 2. The zero-order valence-corrected chi connectivity index (χ0v) is 9.18. The Hall–Kier alpha value is 0.0888. The molecule has 0 fully saturated rings. The fourth-order valence-electron chi connectivity index (χ4n) is 0.493. The van der Waals surface area contributed by atoms with Crippen LogP contribution in [-0.2, 0) is 9.47 Å². The van der Waals surface area contributed by atoms with E-state index >= 15 is 0 Å². The van der Waals surface area contributed by atoms with Gasteiger partial charge in [-0.25, -0.2) is 0 Å². The van der Waals surface area contributed by atoms with Crippen LogP contribution >= 0.6 is 0 Å². The summed E-state index contributed by atoms with van der Waals surface area (Å²) < 4.78 is 9.48. The van der Waals surface area contributed by atoms with Gasteiger partial charge in [-0.05, 0) is 0 Å². The van der Waals surface area contributed by atoms with E-state index in [2.05, 4.69) is 13.8 Å². The van der Waals surface area contributed by atoms with Crippen molar-refractivity contribution in [2.45, 2.75) is 25.7 Å². The average Bonchev–Trinajstić information content (AvgIpc) is 2.12. The van der Waals surface area contributed by atoms with Crippen molar-refractivity contribution in [3.63, 3.8) is 0 Å². The number of rotatable bonds is 6. The third-order valence-electron chi connectivity index (χ3n) is 1.20. The van der Waals surface area contributed by atoms with Gasteiger partial charge < -0.3 is 23.3 Å². The summed E-state index contributed by atoms with van der Waals surface area (Å²) in [4.78, 5) is 0. The molecule has 0 rings (SSSR count). The van der Waals surface area contributed by atoms with Crippen LogP contribution < -0.4 is 0 Å². The second-order valence-electron chi connectivity index (χ2n) is 2.40. The van der Waals surface area contributed by atoms with Gasteiger partial charge in [0.2, 0.25) is 0 Å². The van der Waals surface area contributed by atoms with Crippen molar-refractivity contribution in [1.29, 1.82) is 0 Å². The maximum absolute atomic E-state index is 4.74. The number of hydrogen-bond acceptors (Lipinski definition) is 2. The van der Waals surface area contributed by atoms with Gasteiger partial charge in [0.1, 0.15) is 0 Å². The van der Waals surface area contributed by atoms with E-state index in [4.69, 9.17) is 9.47 Å². The minimum Gasteiger partial charge on any atom is -0.385 e. The third kappa shape index (κ3) is 33.2. The Morgan fingerprint density at radius 3 is 1.23 bits per heavy atom. The van der Waals surface area contributed by atoms with Crippen molar-refractivity contribution in [3.05, 3.63) is 13.8 Å². The first-order valence-electron chi connectivity index (χ1n) is 4.39. The number of ether oxygens (including phenoxy) is 2. The first kappa shape index (κ1) is 18.8. The quantitative estimate of drug-likeness (QED) is 0.357. The second kappa shape index (κ2) is 22.7. The first-order valence-corrected chi connectivity index (χ1v) is 4.39. The van der Waals surface area contributed by atoms with Gasteiger partial charge >= 0.3 is 10.1 Å². The average molecular weight is 183 g/mol. The standard InChI is InChI=1S/2C5H11O.Be/c2*1-3-4-5-6-2;/h2*1,3-5H2,2H3;/q2*-1;+2. The second-order valence-corrected chi connectivity index (χ2v) is 2.40. The fourth-order valence-corrected chi connectivity index (χ4v) is 0.493. The third-order valence-corrected chi connectivity index (χ3v) is 1.20. The summed E-state index contributed by atoms with van der Waals surface area (Å²) in [6.45, 7) is 8.99. The molecule has 0 N–H and O–H groups in total. The molecule has 0 aromatic heterocycles. The van der Waals surface area contributed by atoms with Gasteiger partial charge in [-0.3, -0.25) is 0 Å². The summed E-state index contributed by atoms with van der Waals surface area (Å²) in [5, 5.41) is 0. The van der Waals surface area contributed by atoms with Crippen LogP contribution in [0.2, 0.25) is 0 Å². The van der Waals surface area contributed by atoms with Crippen LogP contribution in [0.3, 0.4) is 0 Å². The molecule has 76 valence electrons. The van der Waals surface area contributed by atoms with Crippen LogP contribution in [0.5, 0.6) is 0 Å². The fraction of sp³-hybridized carbons (Fsp3) is 0.800. The molecule has 0 unspecified atom stereocenters. The summed E-state index contributed by atoms with van der Waals surface area (Å²) >= 11 is 0. The normalized spacial score (nSPS) is 8.31. The Morgan fingerprint density at radius 2 is 1.15 bits per heavy atom. The van der Waals surface area contributed by atoms with Crippen LogP contribution in [-0.4, -0.2) is 37.6 Å². The van der Waals surface area contributed by atoms with Crippen molar-refractivity contribution >= 4 is 10.1 Å². The Morgan fingerprint density at radius 1 is 0.846 bits per heavy atom. The number of hydrogen-bond donors (Lipinski definition) is 0. The Kier molecular flexibility index (Phi) is 32.8. The van der Waals surface area contributed by atoms with Gasteiger partial charge in [0, 0.05) is 27.4 Å². The van der Waals surface area contributed by atoms with E-state index in [1.54, 1.807) is 14.2 Å². The predicted octanol–water partition coefficient (Wildman–Crippen LogP) is 2.11. The van der Waals surface area contributed by atoms with Crippen molar-refractivity contribution in [2.75, 3.05) is 27.4 Å². The minimum absolute atomic E-state index is 0. The minimum atomic E-state index is 0. The van der Waals surface area contributed by atoms with Crippen molar-refractivity contribution in [3.8, 4) is 0 Å². The molecule has 0 aliphatic heterocycles. The van der Waals surface area contributed by atoms with Crippen molar-refractivity contribution in [2.24, 2.45) is 0 Å². The van der Waals surface area contributed by atoms with Gasteiger partial charge in [0.25, 0.3) is 0 Å². The van der Waals surface area contributed by atoms with E-state index in [0.717, 1.165) is 38.9 Å². The Bertz CT molecular complexity index is 44.9. The van der Waals surface area contributed by atoms with Crippen LogP contribution in [0.4, 0.5) is 0 Å². The maximum atomic E-state index is 4.74. The molecule has 0 amide bonds. The van der Waals surface area contributed by atoms with Crippen LogP contribution in [0.15, 0.2) is 0 Å². The largest absolute Gasteiger partial charge is 2.00 e. The maximum Gasteiger partial charge on any atom is 2.00 e. The summed E-state index contributed by atoms with van der Waals surface area (Å²) in [5.74, 6) is 0. The first-order chi connectivity index (χ1) is 5.83. The van der Waals surface area contributed by atoms with E-state index in [1.165, 1.54) is 0 Å². The number of unbranched alkanes of at least 4 members (excludes halogenated alkanes) is 2. The molecular weight excluding hydrogens is 161 g/mol. The molecule has 0 saturated carbocycles. The molecule has 0 atom stereocenters. The van der Waals surface area contributed by atoms with Gasteiger partial charge in [-0.1, -0.05) is 12.8 Å². The van der Waals surface area contributed by atoms with Crippen molar-refractivity contribution in [1.82, 2.24) is 0 Å². The topological polar surface area (TPSA) is 18.5 Å². The van der Waals surface area contributed by atoms with Gasteiger partial charge in [-0.15, -0.1) is 0 Å². The smallest absolute Gasteiger partial charge is 0.385 e. The molecule has 0 spiro atoms. The molecule has 0 aliphatic rings. The molecule has 0 aromatic carbocycles. The van der Waals surface area contributed by atoms with E-state index in [9.17, 15) is 0 Å². The summed E-state index contributed by atoms with van der Waals surface area (Å²) in [6.07, 6.45) is 4.12. The van der Waals surface area contributed by atoms with Crippen LogP contribution in [0, 0.1) is 13.8 Å². The summed E-state index contributed by atoms with van der Waals surface area (Å²) in [5.41, 5.74) is 0. The Labute approximate surface area is 87.2 Å². The summed E-state index contributed by atoms with van der Waals surface area (Å²) in [6, 6.07) is 0. The van der Waals surface area contributed by atoms with Gasteiger partial charge in [0.05, 0.1) is 0 Å². The molecule has 0 aromatic rings. The predicted molar refractivity (Wildman–Crippen MR) is 58.7 cm³/mol. The molecule has 0 saturated heterocycles. The molecule has 2 nitrogen and oxygen atoms in total. The van der Waals surface area contributed by atoms with Crippen LogP contribution in [0.1, 0.15) is 25.7 Å². The van der Waals surface area contributed by atoms with Crippen LogP contribution in [0.25, 0.3) is 0 Å². The molecular formula is C10H22BeO2. The molecule has 0 aliphatic carbocycles. The Balaban J connectivity index is -0.000000143. The molecule has 3 heteroatoms. The van der Waals surface area contributed by atoms with Crippen molar-refractivity contribution < 1.29 is 9.47 Å². The molecule has 0 bridgehead atoms. The van der Waals surface area contributed by atoms with Gasteiger partial charge in [-0.2, -0.15) is 12.8 Å². The van der Waals surface area contributed by atoms with E-state index in [1.807, 2.05) is 0 Å². The molecule has 13 heavy (non-hydrogen) atoms. The molecule has 0 radical (unpaired) electrons. The zero-order chi connectivity index (χ0) is 9.66. The molecule has 0 heterocycles. The van der Waals surface area contributed by atoms with E-state index in [0.29, 0.717) is 0 Å². The zero-order valence-electron chi connectivity index (χ0n) is 9.18. The monoisotopic (exact) mass is 183 g/mol. The van der Waals surface area contributed by atoms with Gasteiger partial charge in [0.15, 0.2) is 0 Å². The summed E-state index contributed by atoms with van der Waals surface area (Å²) in [7, 11) is 3.41.